The topological polar surface area (TPSA) is 62.4 Å². The number of rotatable bonds is 6. The van der Waals surface area contributed by atoms with Crippen LogP contribution in [0.2, 0.25) is 0 Å². The highest BCUT2D eigenvalue weighted by Gasteiger charge is 2.25. The number of carbonyl (C=O) groups excluding carboxylic acids is 1. The molecule has 2 unspecified atom stereocenters. The van der Waals surface area contributed by atoms with Crippen molar-refractivity contribution in [2.45, 2.75) is 38.5 Å². The smallest absolute Gasteiger partial charge is 0.250 e. The standard InChI is InChI=1S/C17H27N3O2/c1-13(14-7-5-4-6-8-14)20-17(2,3)12-19-16(21)15-11-18-9-10-22-15/h4-8,13,15,18,20H,9-12H2,1-3H3,(H,19,21). The zero-order valence-electron chi connectivity index (χ0n) is 13.7. The van der Waals surface area contributed by atoms with Gasteiger partial charge in [0.1, 0.15) is 6.10 Å². The molecular weight excluding hydrogens is 278 g/mol. The number of benzene rings is 1. The summed E-state index contributed by atoms with van der Waals surface area (Å²) >= 11 is 0. The first kappa shape index (κ1) is 16.9. The lowest BCUT2D eigenvalue weighted by Crippen LogP contribution is -2.54. The quantitative estimate of drug-likeness (QED) is 0.739. The number of morpholine rings is 1. The van der Waals surface area contributed by atoms with Crippen LogP contribution in [0.4, 0.5) is 0 Å². The van der Waals surface area contributed by atoms with Crippen LogP contribution in [-0.2, 0) is 9.53 Å². The summed E-state index contributed by atoms with van der Waals surface area (Å²) in [7, 11) is 0. The molecule has 1 aliphatic heterocycles. The molecule has 0 spiro atoms. The van der Waals surface area contributed by atoms with Crippen LogP contribution in [0.25, 0.3) is 0 Å². The van der Waals surface area contributed by atoms with Gasteiger partial charge < -0.3 is 20.7 Å². The maximum atomic E-state index is 12.1. The minimum atomic E-state index is -0.379. The molecule has 2 rings (SSSR count). The Hall–Kier alpha value is -1.43. The second-order valence-electron chi connectivity index (χ2n) is 6.44. The Kier molecular flexibility index (Phi) is 5.94. The number of hydrogen-bond donors (Lipinski definition) is 3. The van der Waals surface area contributed by atoms with E-state index in [-0.39, 0.29) is 23.6 Å². The van der Waals surface area contributed by atoms with Crippen LogP contribution in [0, 0.1) is 0 Å². The van der Waals surface area contributed by atoms with Gasteiger partial charge in [-0.25, -0.2) is 0 Å². The molecule has 1 saturated heterocycles. The van der Waals surface area contributed by atoms with Crippen molar-refractivity contribution in [3.05, 3.63) is 35.9 Å². The second kappa shape index (κ2) is 7.72. The van der Waals surface area contributed by atoms with E-state index in [2.05, 4.69) is 48.9 Å². The fraction of sp³-hybridized carbons (Fsp3) is 0.588. The molecule has 122 valence electrons. The molecule has 0 radical (unpaired) electrons. The predicted molar refractivity (Wildman–Crippen MR) is 87.7 cm³/mol. The van der Waals surface area contributed by atoms with Crippen molar-refractivity contribution in [3.8, 4) is 0 Å². The van der Waals surface area contributed by atoms with Crippen LogP contribution in [0.15, 0.2) is 30.3 Å². The summed E-state index contributed by atoms with van der Waals surface area (Å²) in [5.74, 6) is -0.0468. The lowest BCUT2D eigenvalue weighted by atomic mass is 10.0. The zero-order chi connectivity index (χ0) is 16.0. The monoisotopic (exact) mass is 305 g/mol. The summed E-state index contributed by atoms with van der Waals surface area (Å²) in [5.41, 5.74) is 1.04. The Bertz CT molecular complexity index is 470. The minimum Gasteiger partial charge on any atom is -0.366 e. The summed E-state index contributed by atoms with van der Waals surface area (Å²) in [6, 6.07) is 10.5. The van der Waals surface area contributed by atoms with E-state index in [1.165, 1.54) is 5.56 Å². The highest BCUT2D eigenvalue weighted by molar-refractivity contribution is 5.81. The van der Waals surface area contributed by atoms with Gasteiger partial charge in [0.05, 0.1) is 6.61 Å². The Morgan fingerprint density at radius 1 is 1.41 bits per heavy atom. The lowest BCUT2D eigenvalue weighted by Gasteiger charge is -2.32. The number of ether oxygens (including phenoxy) is 1. The Morgan fingerprint density at radius 3 is 2.77 bits per heavy atom. The van der Waals surface area contributed by atoms with Crippen molar-refractivity contribution in [1.29, 1.82) is 0 Å². The number of carbonyl (C=O) groups is 1. The first-order valence-corrected chi connectivity index (χ1v) is 7.91. The van der Waals surface area contributed by atoms with Gasteiger partial charge in [0, 0.05) is 31.2 Å². The van der Waals surface area contributed by atoms with Crippen LogP contribution in [0.3, 0.4) is 0 Å². The predicted octanol–water partition coefficient (Wildman–Crippen LogP) is 1.22. The summed E-state index contributed by atoms with van der Waals surface area (Å²) in [6.45, 7) is 8.85. The van der Waals surface area contributed by atoms with Crippen molar-refractivity contribution >= 4 is 5.91 Å². The fourth-order valence-corrected chi connectivity index (χ4v) is 2.62. The fourth-order valence-electron chi connectivity index (χ4n) is 2.62. The van der Waals surface area contributed by atoms with Crippen molar-refractivity contribution < 1.29 is 9.53 Å². The summed E-state index contributed by atoms with van der Waals surface area (Å²) in [6.07, 6.45) is -0.379. The third kappa shape index (κ3) is 5.09. The van der Waals surface area contributed by atoms with Gasteiger partial charge in [-0.15, -0.1) is 0 Å². The molecule has 2 atom stereocenters. The van der Waals surface area contributed by atoms with Gasteiger partial charge in [-0.3, -0.25) is 4.79 Å². The molecule has 1 amide bonds. The molecule has 0 bridgehead atoms. The van der Waals surface area contributed by atoms with E-state index in [0.717, 1.165) is 6.54 Å². The molecule has 1 fully saturated rings. The van der Waals surface area contributed by atoms with E-state index >= 15 is 0 Å². The van der Waals surface area contributed by atoms with E-state index in [1.807, 2.05) is 18.2 Å². The largest absolute Gasteiger partial charge is 0.366 e. The van der Waals surface area contributed by atoms with E-state index in [4.69, 9.17) is 4.74 Å². The summed E-state index contributed by atoms with van der Waals surface area (Å²) in [4.78, 5) is 12.1. The van der Waals surface area contributed by atoms with Gasteiger partial charge in [-0.05, 0) is 26.3 Å². The molecule has 1 aromatic carbocycles. The second-order valence-corrected chi connectivity index (χ2v) is 6.44. The van der Waals surface area contributed by atoms with Crippen LogP contribution in [-0.4, -0.2) is 43.8 Å². The van der Waals surface area contributed by atoms with Crippen LogP contribution in [0.1, 0.15) is 32.4 Å². The summed E-state index contributed by atoms with van der Waals surface area (Å²) < 4.78 is 5.46. The molecule has 1 aliphatic rings. The van der Waals surface area contributed by atoms with E-state index < -0.39 is 0 Å². The molecule has 0 saturated carbocycles. The molecular formula is C17H27N3O2. The summed E-state index contributed by atoms with van der Waals surface area (Å²) in [5, 5.41) is 9.71. The first-order valence-electron chi connectivity index (χ1n) is 7.91. The van der Waals surface area contributed by atoms with E-state index in [9.17, 15) is 4.79 Å². The molecule has 3 N–H and O–H groups in total. The van der Waals surface area contributed by atoms with Gasteiger partial charge in [0.25, 0.3) is 5.91 Å². The van der Waals surface area contributed by atoms with Gasteiger partial charge in [0.2, 0.25) is 0 Å². The average Bonchev–Trinajstić information content (AvgIpc) is 2.54. The molecule has 5 heteroatoms. The zero-order valence-corrected chi connectivity index (χ0v) is 13.7. The number of hydrogen-bond acceptors (Lipinski definition) is 4. The van der Waals surface area contributed by atoms with Crippen LogP contribution >= 0.6 is 0 Å². The molecule has 1 aromatic rings. The van der Waals surface area contributed by atoms with Gasteiger partial charge in [-0.1, -0.05) is 30.3 Å². The maximum Gasteiger partial charge on any atom is 0.250 e. The first-order chi connectivity index (χ1) is 10.5. The average molecular weight is 305 g/mol. The van der Waals surface area contributed by atoms with Gasteiger partial charge in [-0.2, -0.15) is 0 Å². The minimum absolute atomic E-state index is 0.0468. The van der Waals surface area contributed by atoms with E-state index in [1.54, 1.807) is 0 Å². The van der Waals surface area contributed by atoms with Crippen molar-refractivity contribution in [3.63, 3.8) is 0 Å². The molecule has 0 aromatic heterocycles. The lowest BCUT2D eigenvalue weighted by molar-refractivity contribution is -0.134. The van der Waals surface area contributed by atoms with E-state index in [0.29, 0.717) is 19.7 Å². The number of amides is 1. The van der Waals surface area contributed by atoms with Crippen LogP contribution in [0.5, 0.6) is 0 Å². The SMILES string of the molecule is CC(NC(C)(C)CNC(=O)C1CNCCO1)c1ccccc1. The number of nitrogens with one attached hydrogen (secondary N) is 3. The Balaban J connectivity index is 1.81. The van der Waals surface area contributed by atoms with Gasteiger partial charge >= 0.3 is 0 Å². The molecule has 5 nitrogen and oxygen atoms in total. The van der Waals surface area contributed by atoms with Gasteiger partial charge in [0.15, 0.2) is 0 Å². The Morgan fingerprint density at radius 2 is 2.14 bits per heavy atom. The van der Waals surface area contributed by atoms with Crippen molar-refractivity contribution in [2.24, 2.45) is 0 Å². The Labute approximate surface area is 132 Å². The molecule has 22 heavy (non-hydrogen) atoms. The van der Waals surface area contributed by atoms with Crippen LogP contribution < -0.4 is 16.0 Å². The molecule has 0 aliphatic carbocycles. The van der Waals surface area contributed by atoms with Crippen molar-refractivity contribution in [1.82, 2.24) is 16.0 Å². The maximum absolute atomic E-state index is 12.1. The highest BCUT2D eigenvalue weighted by atomic mass is 16.5. The highest BCUT2D eigenvalue weighted by Crippen LogP contribution is 2.15. The normalized spacial score (nSPS) is 20.4. The third-order valence-electron chi connectivity index (χ3n) is 3.83. The van der Waals surface area contributed by atoms with Crippen molar-refractivity contribution in [2.75, 3.05) is 26.2 Å². The third-order valence-corrected chi connectivity index (χ3v) is 3.83. The molecule has 1 heterocycles.